The van der Waals surface area contributed by atoms with Crippen molar-refractivity contribution in [2.75, 3.05) is 0 Å². The highest BCUT2D eigenvalue weighted by Gasteiger charge is 2.17. The monoisotopic (exact) mass is 245 g/mol. The lowest BCUT2D eigenvalue weighted by atomic mass is 10.2. The molecule has 0 spiro atoms. The number of aldehydes is 1. The van der Waals surface area contributed by atoms with Gasteiger partial charge in [-0.1, -0.05) is 15.9 Å². The van der Waals surface area contributed by atoms with E-state index in [4.69, 9.17) is 5.11 Å². The van der Waals surface area contributed by atoms with Crippen LogP contribution in [-0.2, 0) is 0 Å². The van der Waals surface area contributed by atoms with Crippen LogP contribution in [-0.4, -0.2) is 16.3 Å². The molecule has 0 fully saturated rings. The van der Waals surface area contributed by atoms with Gasteiger partial charge in [-0.3, -0.25) is 14.9 Å². The number of hydrogen-bond acceptors (Lipinski definition) is 4. The van der Waals surface area contributed by atoms with E-state index in [0.717, 1.165) is 6.07 Å². The van der Waals surface area contributed by atoms with Crippen LogP contribution in [0.2, 0.25) is 0 Å². The number of carbonyl (C=O) groups is 1. The topological polar surface area (TPSA) is 80.4 Å². The average molecular weight is 246 g/mol. The highest BCUT2D eigenvalue weighted by atomic mass is 79.9. The zero-order valence-electron chi connectivity index (χ0n) is 6.23. The van der Waals surface area contributed by atoms with Gasteiger partial charge in [0.15, 0.2) is 6.29 Å². The largest absolute Gasteiger partial charge is 0.507 e. The van der Waals surface area contributed by atoms with E-state index in [9.17, 15) is 14.9 Å². The molecule has 1 rings (SSSR count). The predicted molar refractivity (Wildman–Crippen MR) is 47.8 cm³/mol. The fourth-order valence-corrected chi connectivity index (χ4v) is 1.30. The number of nitro benzene ring substituents is 1. The number of hydrogen-bond donors (Lipinski definition) is 1. The van der Waals surface area contributed by atoms with Crippen LogP contribution < -0.4 is 0 Å². The van der Waals surface area contributed by atoms with Gasteiger partial charge < -0.3 is 5.11 Å². The van der Waals surface area contributed by atoms with E-state index in [1.165, 1.54) is 6.07 Å². The molecule has 0 aromatic heterocycles. The quantitative estimate of drug-likeness (QED) is 0.490. The van der Waals surface area contributed by atoms with Crippen LogP contribution in [0.15, 0.2) is 16.6 Å². The minimum absolute atomic E-state index is 0.250. The summed E-state index contributed by atoms with van der Waals surface area (Å²) in [6.45, 7) is 0. The Bertz CT molecular complexity index is 377. The number of aromatic hydroxyl groups is 1. The molecule has 1 N–H and O–H groups in total. The minimum Gasteiger partial charge on any atom is -0.507 e. The molecule has 0 radical (unpaired) electrons. The van der Waals surface area contributed by atoms with E-state index in [1.54, 1.807) is 0 Å². The summed E-state index contributed by atoms with van der Waals surface area (Å²) in [4.78, 5) is 20.1. The first-order valence-electron chi connectivity index (χ1n) is 3.18. The Labute approximate surface area is 81.3 Å². The maximum Gasteiger partial charge on any atom is 0.284 e. The van der Waals surface area contributed by atoms with Crippen LogP contribution in [0.3, 0.4) is 0 Å². The summed E-state index contributed by atoms with van der Waals surface area (Å²) in [5.74, 6) is -0.406. The van der Waals surface area contributed by atoms with Crippen LogP contribution in [0.1, 0.15) is 10.4 Å². The van der Waals surface area contributed by atoms with Gasteiger partial charge in [0, 0.05) is 10.5 Å². The predicted octanol–water partition coefficient (Wildman–Crippen LogP) is 1.88. The van der Waals surface area contributed by atoms with Crippen molar-refractivity contribution in [2.24, 2.45) is 0 Å². The van der Waals surface area contributed by atoms with Crippen molar-refractivity contribution in [1.29, 1.82) is 0 Å². The molecule has 0 aliphatic rings. The zero-order chi connectivity index (χ0) is 10.0. The van der Waals surface area contributed by atoms with Crippen LogP contribution in [0.4, 0.5) is 5.69 Å². The van der Waals surface area contributed by atoms with Gasteiger partial charge in [0.1, 0.15) is 11.3 Å². The number of nitro groups is 1. The second-order valence-electron chi connectivity index (χ2n) is 2.23. The summed E-state index contributed by atoms with van der Waals surface area (Å²) in [5.41, 5.74) is -0.727. The second kappa shape index (κ2) is 3.53. The second-order valence-corrected chi connectivity index (χ2v) is 3.15. The molecular formula is C7H4BrNO4. The van der Waals surface area contributed by atoms with Crippen LogP contribution in [0.25, 0.3) is 0 Å². The molecule has 68 valence electrons. The molecule has 5 nitrogen and oxygen atoms in total. The minimum atomic E-state index is -0.728. The Morgan fingerprint density at radius 3 is 2.62 bits per heavy atom. The fourth-order valence-electron chi connectivity index (χ4n) is 0.861. The third-order valence-electron chi connectivity index (χ3n) is 1.42. The van der Waals surface area contributed by atoms with Gasteiger partial charge in [-0.05, 0) is 6.07 Å². The summed E-state index contributed by atoms with van der Waals surface area (Å²) in [7, 11) is 0. The summed E-state index contributed by atoms with van der Waals surface area (Å²) in [6, 6.07) is 2.38. The Balaban J connectivity index is 3.46. The van der Waals surface area contributed by atoms with Crippen molar-refractivity contribution >= 4 is 27.9 Å². The Kier molecular flexibility index (Phi) is 2.62. The molecule has 1 aromatic rings. The van der Waals surface area contributed by atoms with Crippen LogP contribution >= 0.6 is 15.9 Å². The highest BCUT2D eigenvalue weighted by Crippen LogP contribution is 2.30. The van der Waals surface area contributed by atoms with E-state index >= 15 is 0 Å². The van der Waals surface area contributed by atoms with E-state index in [2.05, 4.69) is 15.9 Å². The third kappa shape index (κ3) is 1.83. The fraction of sp³-hybridized carbons (Fsp3) is 0. The van der Waals surface area contributed by atoms with Gasteiger partial charge in [-0.2, -0.15) is 0 Å². The zero-order valence-corrected chi connectivity index (χ0v) is 7.82. The Morgan fingerprint density at radius 1 is 1.54 bits per heavy atom. The first kappa shape index (κ1) is 9.66. The first-order valence-corrected chi connectivity index (χ1v) is 3.97. The lowest BCUT2D eigenvalue weighted by Gasteiger charge is -1.99. The molecule has 0 unspecified atom stereocenters. The van der Waals surface area contributed by atoms with Gasteiger partial charge in [0.25, 0.3) is 5.69 Å². The van der Waals surface area contributed by atoms with E-state index in [-0.39, 0.29) is 11.8 Å². The van der Waals surface area contributed by atoms with Crippen molar-refractivity contribution in [3.63, 3.8) is 0 Å². The van der Waals surface area contributed by atoms with E-state index in [0.29, 0.717) is 4.47 Å². The lowest BCUT2D eigenvalue weighted by Crippen LogP contribution is -1.94. The normalized spacial score (nSPS) is 9.62. The molecule has 0 saturated heterocycles. The number of halogens is 1. The van der Waals surface area contributed by atoms with Crippen molar-refractivity contribution in [3.8, 4) is 5.75 Å². The Hall–Kier alpha value is -1.43. The molecule has 0 saturated carbocycles. The lowest BCUT2D eigenvalue weighted by molar-refractivity contribution is -0.385. The van der Waals surface area contributed by atoms with Gasteiger partial charge in [0.2, 0.25) is 0 Å². The van der Waals surface area contributed by atoms with Gasteiger partial charge >= 0.3 is 0 Å². The molecule has 0 aliphatic carbocycles. The highest BCUT2D eigenvalue weighted by molar-refractivity contribution is 9.10. The van der Waals surface area contributed by atoms with Gasteiger partial charge in [-0.25, -0.2) is 0 Å². The Morgan fingerprint density at radius 2 is 2.15 bits per heavy atom. The molecular weight excluding hydrogens is 242 g/mol. The summed E-state index contributed by atoms with van der Waals surface area (Å²) >= 11 is 2.96. The summed E-state index contributed by atoms with van der Waals surface area (Å²) < 4.78 is 0.349. The summed E-state index contributed by atoms with van der Waals surface area (Å²) in [5, 5.41) is 19.6. The van der Waals surface area contributed by atoms with E-state index < -0.39 is 16.4 Å². The SMILES string of the molecule is O=Cc1c(O)cc(Br)cc1[N+](=O)[O-]. The van der Waals surface area contributed by atoms with Gasteiger partial charge in [0.05, 0.1) is 4.92 Å². The third-order valence-corrected chi connectivity index (χ3v) is 1.87. The van der Waals surface area contributed by atoms with E-state index in [1.807, 2.05) is 0 Å². The molecule has 6 heteroatoms. The molecule has 0 heterocycles. The standard InChI is InChI=1S/C7H4BrNO4/c8-4-1-6(9(12)13)5(3-10)7(11)2-4/h1-3,11H. The van der Waals surface area contributed by atoms with Gasteiger partial charge in [-0.15, -0.1) is 0 Å². The molecule has 0 amide bonds. The maximum atomic E-state index is 10.4. The first-order chi connectivity index (χ1) is 6.06. The van der Waals surface area contributed by atoms with Crippen molar-refractivity contribution in [1.82, 2.24) is 0 Å². The van der Waals surface area contributed by atoms with Crippen LogP contribution in [0, 0.1) is 10.1 Å². The van der Waals surface area contributed by atoms with Crippen LogP contribution in [0.5, 0.6) is 5.75 Å². The molecule has 0 atom stereocenters. The molecule has 0 aliphatic heterocycles. The molecule has 1 aromatic carbocycles. The molecule has 13 heavy (non-hydrogen) atoms. The average Bonchev–Trinajstić information content (AvgIpc) is 2.02. The van der Waals surface area contributed by atoms with Crippen molar-refractivity contribution < 1.29 is 14.8 Å². The number of phenolic OH excluding ortho intramolecular Hbond substituents is 1. The van der Waals surface area contributed by atoms with Crippen molar-refractivity contribution in [2.45, 2.75) is 0 Å². The maximum absolute atomic E-state index is 10.4. The smallest absolute Gasteiger partial charge is 0.284 e. The number of carbonyl (C=O) groups excluding carboxylic acids is 1. The number of phenols is 1. The van der Waals surface area contributed by atoms with Crippen molar-refractivity contribution in [3.05, 3.63) is 32.3 Å². The molecule has 0 bridgehead atoms. The number of nitrogens with zero attached hydrogens (tertiary/aromatic N) is 1. The number of rotatable bonds is 2. The number of benzene rings is 1. The summed E-state index contributed by atoms with van der Waals surface area (Å²) in [6.07, 6.45) is 0.250.